The van der Waals surface area contributed by atoms with Crippen LogP contribution in [0.3, 0.4) is 0 Å². The van der Waals surface area contributed by atoms with Gasteiger partial charge in [0.1, 0.15) is 0 Å². The molecule has 0 radical (unpaired) electrons. The van der Waals surface area contributed by atoms with Gasteiger partial charge in [0.05, 0.1) is 12.2 Å². The third-order valence-corrected chi connectivity index (χ3v) is 3.14. The van der Waals surface area contributed by atoms with E-state index >= 15 is 0 Å². The summed E-state index contributed by atoms with van der Waals surface area (Å²) in [6, 6.07) is 1.48. The molecule has 5 nitrogen and oxygen atoms in total. The lowest BCUT2D eigenvalue weighted by atomic mass is 9.97. The second-order valence-corrected chi connectivity index (χ2v) is 4.64. The number of alkyl halides is 3. The number of amides is 1. The monoisotopic (exact) mass is 289 g/mol. The molecule has 0 aliphatic heterocycles. The number of fused-ring (bicyclic) bond motifs is 1. The third-order valence-electron chi connectivity index (χ3n) is 3.14. The Morgan fingerprint density at radius 1 is 1.35 bits per heavy atom. The molecule has 0 atom stereocenters. The van der Waals surface area contributed by atoms with Crippen molar-refractivity contribution < 1.29 is 18.0 Å². The van der Waals surface area contributed by atoms with Gasteiger partial charge in [-0.3, -0.25) is 9.59 Å². The maximum Gasteiger partial charge on any atom is 0.471 e. The summed E-state index contributed by atoms with van der Waals surface area (Å²) in [5, 5.41) is 5.86. The fourth-order valence-corrected chi connectivity index (χ4v) is 2.14. The van der Waals surface area contributed by atoms with E-state index in [0.29, 0.717) is 0 Å². The SMILES string of the molecule is O=C(NCCn1nc2c(cc1=O)CCCC2)C(F)(F)F. The Labute approximate surface area is 112 Å². The highest BCUT2D eigenvalue weighted by molar-refractivity contribution is 5.81. The van der Waals surface area contributed by atoms with Gasteiger partial charge >= 0.3 is 12.1 Å². The van der Waals surface area contributed by atoms with E-state index in [2.05, 4.69) is 5.10 Å². The Morgan fingerprint density at radius 3 is 2.75 bits per heavy atom. The minimum absolute atomic E-state index is 0.0755. The Kier molecular flexibility index (Phi) is 4.10. The van der Waals surface area contributed by atoms with Crippen molar-refractivity contribution in [3.8, 4) is 0 Å². The Balaban J connectivity index is 2.00. The van der Waals surface area contributed by atoms with Crippen LogP contribution in [-0.2, 0) is 24.2 Å². The number of aryl methyl sites for hydroxylation is 2. The number of carbonyl (C=O) groups is 1. The lowest BCUT2D eigenvalue weighted by molar-refractivity contribution is -0.173. The number of nitrogens with zero attached hydrogens (tertiary/aromatic N) is 2. The number of hydrogen-bond acceptors (Lipinski definition) is 3. The van der Waals surface area contributed by atoms with Gasteiger partial charge in [-0.1, -0.05) is 0 Å². The molecule has 1 aliphatic rings. The molecular formula is C12H14F3N3O2. The quantitative estimate of drug-likeness (QED) is 0.895. The second kappa shape index (κ2) is 5.64. The summed E-state index contributed by atoms with van der Waals surface area (Å²) in [5.41, 5.74) is 1.38. The molecule has 20 heavy (non-hydrogen) atoms. The summed E-state index contributed by atoms with van der Waals surface area (Å²) in [6.45, 7) is -0.363. The lowest BCUT2D eigenvalue weighted by Gasteiger charge is -2.16. The molecule has 1 aromatic rings. The van der Waals surface area contributed by atoms with Gasteiger partial charge in [0.15, 0.2) is 0 Å². The van der Waals surface area contributed by atoms with Crippen molar-refractivity contribution in [3.05, 3.63) is 27.7 Å². The van der Waals surface area contributed by atoms with Gasteiger partial charge in [-0.05, 0) is 31.2 Å². The molecule has 0 bridgehead atoms. The van der Waals surface area contributed by atoms with Gasteiger partial charge in [0.2, 0.25) is 0 Å². The van der Waals surface area contributed by atoms with Crippen molar-refractivity contribution in [2.45, 2.75) is 38.4 Å². The molecule has 0 saturated carbocycles. The highest BCUT2D eigenvalue weighted by Gasteiger charge is 2.38. The molecule has 2 rings (SSSR count). The molecule has 1 heterocycles. The van der Waals surface area contributed by atoms with Gasteiger partial charge in [-0.2, -0.15) is 18.3 Å². The minimum atomic E-state index is -4.91. The van der Waals surface area contributed by atoms with Crippen LogP contribution < -0.4 is 10.9 Å². The zero-order valence-corrected chi connectivity index (χ0v) is 10.7. The first-order chi connectivity index (χ1) is 9.38. The van der Waals surface area contributed by atoms with E-state index in [1.807, 2.05) is 0 Å². The van der Waals surface area contributed by atoms with E-state index in [0.717, 1.165) is 41.6 Å². The number of aromatic nitrogens is 2. The maximum atomic E-state index is 12.0. The van der Waals surface area contributed by atoms with E-state index in [1.165, 1.54) is 6.07 Å². The Morgan fingerprint density at radius 2 is 2.05 bits per heavy atom. The van der Waals surface area contributed by atoms with Gasteiger partial charge in [0.25, 0.3) is 5.56 Å². The zero-order chi connectivity index (χ0) is 14.8. The number of carbonyl (C=O) groups excluding carboxylic acids is 1. The van der Waals surface area contributed by atoms with E-state index in [4.69, 9.17) is 0 Å². The van der Waals surface area contributed by atoms with Crippen molar-refractivity contribution in [2.75, 3.05) is 6.54 Å². The number of halogens is 3. The molecule has 0 fully saturated rings. The van der Waals surface area contributed by atoms with Crippen molar-refractivity contribution in [1.82, 2.24) is 15.1 Å². The predicted molar refractivity (Wildman–Crippen MR) is 64.2 cm³/mol. The van der Waals surface area contributed by atoms with E-state index in [1.54, 1.807) is 5.32 Å². The van der Waals surface area contributed by atoms with Crippen LogP contribution in [-0.4, -0.2) is 28.4 Å². The Bertz CT molecular complexity index is 566. The maximum absolute atomic E-state index is 12.0. The van der Waals surface area contributed by atoms with E-state index < -0.39 is 12.1 Å². The number of nitrogens with one attached hydrogen (secondary N) is 1. The summed E-state index contributed by atoms with van der Waals surface area (Å²) in [7, 11) is 0. The molecule has 1 aromatic heterocycles. The van der Waals surface area contributed by atoms with Crippen LogP contribution in [0, 0.1) is 0 Å². The molecule has 1 aliphatic carbocycles. The van der Waals surface area contributed by atoms with Crippen LogP contribution in [0.25, 0.3) is 0 Å². The van der Waals surface area contributed by atoms with Crippen molar-refractivity contribution in [2.24, 2.45) is 0 Å². The van der Waals surface area contributed by atoms with Crippen molar-refractivity contribution >= 4 is 5.91 Å². The zero-order valence-electron chi connectivity index (χ0n) is 10.7. The Hall–Kier alpha value is -1.86. The summed E-state index contributed by atoms with van der Waals surface area (Å²) >= 11 is 0. The highest BCUT2D eigenvalue weighted by Crippen LogP contribution is 2.17. The van der Waals surface area contributed by atoms with E-state index in [9.17, 15) is 22.8 Å². The van der Waals surface area contributed by atoms with Crippen molar-refractivity contribution in [1.29, 1.82) is 0 Å². The first kappa shape index (κ1) is 14.5. The van der Waals surface area contributed by atoms with Crippen LogP contribution in [0.5, 0.6) is 0 Å². The topological polar surface area (TPSA) is 64.0 Å². The molecule has 0 saturated heterocycles. The lowest BCUT2D eigenvalue weighted by Crippen LogP contribution is -2.39. The van der Waals surface area contributed by atoms with Gasteiger partial charge in [0, 0.05) is 12.6 Å². The molecule has 1 amide bonds. The first-order valence-corrected chi connectivity index (χ1v) is 6.33. The molecule has 0 spiro atoms. The van der Waals surface area contributed by atoms with Gasteiger partial charge < -0.3 is 5.32 Å². The average molecular weight is 289 g/mol. The smallest absolute Gasteiger partial charge is 0.346 e. The van der Waals surface area contributed by atoms with Gasteiger partial charge in [-0.25, -0.2) is 4.68 Å². The predicted octanol–water partition coefficient (Wildman–Crippen LogP) is 0.801. The van der Waals surface area contributed by atoms with Crippen LogP contribution in [0.15, 0.2) is 10.9 Å². The van der Waals surface area contributed by atoms with Crippen LogP contribution in [0.1, 0.15) is 24.1 Å². The second-order valence-electron chi connectivity index (χ2n) is 4.64. The molecule has 110 valence electrons. The van der Waals surface area contributed by atoms with Crippen LogP contribution in [0.2, 0.25) is 0 Å². The average Bonchev–Trinajstić information content (AvgIpc) is 2.38. The summed E-state index contributed by atoms with van der Waals surface area (Å²) < 4.78 is 37.0. The van der Waals surface area contributed by atoms with E-state index in [-0.39, 0.29) is 18.6 Å². The molecule has 1 N–H and O–H groups in total. The fraction of sp³-hybridized carbons (Fsp3) is 0.583. The normalized spacial score (nSPS) is 14.8. The fourth-order valence-electron chi connectivity index (χ4n) is 2.14. The molecule has 8 heteroatoms. The van der Waals surface area contributed by atoms with Crippen molar-refractivity contribution in [3.63, 3.8) is 0 Å². The first-order valence-electron chi connectivity index (χ1n) is 6.33. The number of hydrogen-bond donors (Lipinski definition) is 1. The van der Waals surface area contributed by atoms with Crippen LogP contribution >= 0.6 is 0 Å². The molecule has 0 unspecified atom stereocenters. The summed E-state index contributed by atoms with van der Waals surface area (Å²) in [4.78, 5) is 22.4. The summed E-state index contributed by atoms with van der Waals surface area (Å²) in [6.07, 6.45) is -1.33. The summed E-state index contributed by atoms with van der Waals surface area (Å²) in [5.74, 6) is -2.01. The molecule has 0 aromatic carbocycles. The third kappa shape index (κ3) is 3.37. The minimum Gasteiger partial charge on any atom is -0.346 e. The highest BCUT2D eigenvalue weighted by atomic mass is 19.4. The van der Waals surface area contributed by atoms with Gasteiger partial charge in [-0.15, -0.1) is 0 Å². The number of rotatable bonds is 3. The van der Waals surface area contributed by atoms with Crippen LogP contribution in [0.4, 0.5) is 13.2 Å². The molecular weight excluding hydrogens is 275 g/mol. The standard InChI is InChI=1S/C12H14F3N3O2/c13-12(14,15)11(20)16-5-6-18-10(19)7-8-3-1-2-4-9(8)17-18/h7H,1-6H2,(H,16,20). The largest absolute Gasteiger partial charge is 0.471 e.